The normalized spacial score (nSPS) is 20.1. The summed E-state index contributed by atoms with van der Waals surface area (Å²) in [4.78, 5) is 13.9. The standard InChI is InChI=1S/C17H15ClN2OS2/c1-2-13-8-14-16-10(9-22-17(14)23-13)7-15(21)20(19-16)12-5-3-11(18)4-6-12/h3-6,8,10H,2,7,9H2,1H3. The highest BCUT2D eigenvalue weighted by atomic mass is 35.5. The molecule has 23 heavy (non-hydrogen) atoms. The van der Waals surface area contributed by atoms with E-state index in [0.29, 0.717) is 11.4 Å². The van der Waals surface area contributed by atoms with E-state index in [1.165, 1.54) is 19.7 Å². The van der Waals surface area contributed by atoms with Gasteiger partial charge in [0.2, 0.25) is 5.91 Å². The maximum absolute atomic E-state index is 12.5. The molecule has 0 spiro atoms. The molecule has 3 heterocycles. The average Bonchev–Trinajstić information content (AvgIpc) is 2.99. The van der Waals surface area contributed by atoms with Gasteiger partial charge in [-0.1, -0.05) is 18.5 Å². The maximum atomic E-state index is 12.5. The highest BCUT2D eigenvalue weighted by molar-refractivity contribution is 8.01. The van der Waals surface area contributed by atoms with E-state index in [4.69, 9.17) is 16.7 Å². The molecule has 6 heteroatoms. The number of anilines is 1. The van der Waals surface area contributed by atoms with E-state index in [2.05, 4.69) is 13.0 Å². The molecule has 2 aromatic rings. The summed E-state index contributed by atoms with van der Waals surface area (Å²) < 4.78 is 1.34. The fourth-order valence-corrected chi connectivity index (χ4v) is 5.56. The van der Waals surface area contributed by atoms with Gasteiger partial charge in [0.05, 0.1) is 15.6 Å². The van der Waals surface area contributed by atoms with Crippen LogP contribution >= 0.6 is 34.7 Å². The molecular weight excluding hydrogens is 348 g/mol. The van der Waals surface area contributed by atoms with Crippen molar-refractivity contribution in [3.8, 4) is 0 Å². The topological polar surface area (TPSA) is 32.7 Å². The van der Waals surface area contributed by atoms with E-state index in [0.717, 1.165) is 23.6 Å². The fraction of sp³-hybridized carbons (Fsp3) is 0.294. The Hall–Kier alpha value is -1.30. The molecule has 1 unspecified atom stereocenters. The molecule has 1 atom stereocenters. The number of hydrogen-bond acceptors (Lipinski definition) is 4. The number of rotatable bonds is 2. The summed E-state index contributed by atoms with van der Waals surface area (Å²) in [7, 11) is 0. The van der Waals surface area contributed by atoms with Gasteiger partial charge in [-0.25, -0.2) is 5.01 Å². The average molecular weight is 363 g/mol. The minimum Gasteiger partial charge on any atom is -0.273 e. The predicted octanol–water partition coefficient (Wildman–Crippen LogP) is 4.83. The zero-order valence-electron chi connectivity index (χ0n) is 12.6. The van der Waals surface area contributed by atoms with Gasteiger partial charge in [0, 0.05) is 33.6 Å². The summed E-state index contributed by atoms with van der Waals surface area (Å²) in [6.07, 6.45) is 1.56. The SMILES string of the molecule is CCc1cc2c(s1)SCC1CC(=O)N(c3ccc(Cl)cc3)N=C21. The number of hydrogen-bond donors (Lipinski definition) is 0. The van der Waals surface area contributed by atoms with E-state index in [1.807, 2.05) is 35.2 Å². The van der Waals surface area contributed by atoms with Crippen LogP contribution in [0.2, 0.25) is 5.02 Å². The largest absolute Gasteiger partial charge is 0.273 e. The van der Waals surface area contributed by atoms with Crippen LogP contribution in [0.1, 0.15) is 23.8 Å². The summed E-state index contributed by atoms with van der Waals surface area (Å²) >= 11 is 9.66. The van der Waals surface area contributed by atoms with Gasteiger partial charge in [0.1, 0.15) is 0 Å². The molecule has 0 fully saturated rings. The highest BCUT2D eigenvalue weighted by Crippen LogP contribution is 2.42. The summed E-state index contributed by atoms with van der Waals surface area (Å²) in [5.74, 6) is 1.22. The summed E-state index contributed by atoms with van der Waals surface area (Å²) in [6, 6.07) is 9.51. The number of carbonyl (C=O) groups is 1. The minimum atomic E-state index is 0.0519. The molecule has 0 saturated heterocycles. The predicted molar refractivity (Wildman–Crippen MR) is 98.0 cm³/mol. The number of nitrogens with zero attached hydrogens (tertiary/aromatic N) is 2. The van der Waals surface area contributed by atoms with Crippen LogP contribution in [0.25, 0.3) is 0 Å². The molecular formula is C17H15ClN2OS2. The number of carbonyl (C=O) groups excluding carboxylic acids is 1. The molecule has 2 aliphatic rings. The van der Waals surface area contributed by atoms with Gasteiger partial charge in [-0.3, -0.25) is 4.79 Å². The first-order chi connectivity index (χ1) is 11.2. The second-order valence-corrected chi connectivity index (χ2v) is 8.51. The molecule has 118 valence electrons. The summed E-state index contributed by atoms with van der Waals surface area (Å²) in [6.45, 7) is 2.17. The zero-order chi connectivity index (χ0) is 16.0. The van der Waals surface area contributed by atoms with E-state index < -0.39 is 0 Å². The Morgan fingerprint density at radius 2 is 2.13 bits per heavy atom. The zero-order valence-corrected chi connectivity index (χ0v) is 15.0. The highest BCUT2D eigenvalue weighted by Gasteiger charge is 2.35. The molecule has 0 radical (unpaired) electrons. The van der Waals surface area contributed by atoms with Crippen molar-refractivity contribution in [2.24, 2.45) is 11.0 Å². The van der Waals surface area contributed by atoms with Crippen LogP contribution in [0, 0.1) is 5.92 Å². The first kappa shape index (κ1) is 15.2. The molecule has 4 rings (SSSR count). The van der Waals surface area contributed by atoms with Crippen molar-refractivity contribution in [2.75, 3.05) is 10.8 Å². The van der Waals surface area contributed by atoms with Gasteiger partial charge in [0.15, 0.2) is 0 Å². The number of fused-ring (bicyclic) bond motifs is 3. The van der Waals surface area contributed by atoms with Gasteiger partial charge in [-0.2, -0.15) is 5.10 Å². The molecule has 1 aromatic heterocycles. The molecule has 2 aliphatic heterocycles. The van der Waals surface area contributed by atoms with Crippen molar-refractivity contribution in [3.63, 3.8) is 0 Å². The number of hydrazone groups is 1. The van der Waals surface area contributed by atoms with Crippen LogP contribution in [0.4, 0.5) is 5.69 Å². The number of thioether (sulfide) groups is 1. The van der Waals surface area contributed by atoms with E-state index in [1.54, 1.807) is 12.1 Å². The second kappa shape index (κ2) is 5.96. The molecule has 0 N–H and O–H groups in total. The third-order valence-electron chi connectivity index (χ3n) is 4.11. The Balaban J connectivity index is 1.78. The lowest BCUT2D eigenvalue weighted by molar-refractivity contribution is -0.119. The van der Waals surface area contributed by atoms with Crippen LogP contribution < -0.4 is 5.01 Å². The molecule has 3 nitrogen and oxygen atoms in total. The summed E-state index contributed by atoms with van der Waals surface area (Å²) in [5.41, 5.74) is 3.06. The lowest BCUT2D eigenvalue weighted by Gasteiger charge is -2.31. The van der Waals surface area contributed by atoms with Crippen molar-refractivity contribution in [1.29, 1.82) is 0 Å². The van der Waals surface area contributed by atoms with Crippen molar-refractivity contribution in [2.45, 2.75) is 24.0 Å². The molecule has 1 amide bonds. The quantitative estimate of drug-likeness (QED) is 0.766. The van der Waals surface area contributed by atoms with Crippen LogP contribution in [0.5, 0.6) is 0 Å². The van der Waals surface area contributed by atoms with E-state index in [9.17, 15) is 4.79 Å². The number of halogens is 1. The van der Waals surface area contributed by atoms with E-state index >= 15 is 0 Å². The van der Waals surface area contributed by atoms with Crippen LogP contribution in [0.15, 0.2) is 39.6 Å². The lowest BCUT2D eigenvalue weighted by atomic mass is 9.94. The Morgan fingerprint density at radius 1 is 1.35 bits per heavy atom. The molecule has 0 bridgehead atoms. The minimum absolute atomic E-state index is 0.0519. The van der Waals surface area contributed by atoms with Crippen LogP contribution in [-0.2, 0) is 11.2 Å². The van der Waals surface area contributed by atoms with Crippen molar-refractivity contribution >= 4 is 52.0 Å². The number of amides is 1. The summed E-state index contributed by atoms with van der Waals surface area (Å²) in [5, 5.41) is 6.92. The van der Waals surface area contributed by atoms with Gasteiger partial charge in [-0.05, 0) is 36.8 Å². The number of aryl methyl sites for hydroxylation is 1. The fourth-order valence-electron chi connectivity index (χ4n) is 2.89. The third kappa shape index (κ3) is 2.71. The first-order valence-electron chi connectivity index (χ1n) is 7.58. The molecule has 0 saturated carbocycles. The van der Waals surface area contributed by atoms with Gasteiger partial charge >= 0.3 is 0 Å². The maximum Gasteiger partial charge on any atom is 0.248 e. The Bertz CT molecular complexity index is 797. The first-order valence-corrected chi connectivity index (χ1v) is 9.76. The van der Waals surface area contributed by atoms with Crippen LogP contribution in [-0.4, -0.2) is 17.4 Å². The van der Waals surface area contributed by atoms with Crippen molar-refractivity contribution < 1.29 is 4.79 Å². The van der Waals surface area contributed by atoms with Gasteiger partial charge in [0.25, 0.3) is 0 Å². The van der Waals surface area contributed by atoms with Crippen LogP contribution in [0.3, 0.4) is 0 Å². The third-order valence-corrected chi connectivity index (χ3v) is 7.09. The Morgan fingerprint density at radius 3 is 2.87 bits per heavy atom. The van der Waals surface area contributed by atoms with Crippen molar-refractivity contribution in [1.82, 2.24) is 0 Å². The van der Waals surface area contributed by atoms with Crippen molar-refractivity contribution in [3.05, 3.63) is 45.8 Å². The Kier molecular flexibility index (Phi) is 3.95. The lowest BCUT2D eigenvalue weighted by Crippen LogP contribution is -2.39. The molecule has 0 aliphatic carbocycles. The van der Waals surface area contributed by atoms with Gasteiger partial charge < -0.3 is 0 Å². The second-order valence-electron chi connectivity index (χ2n) is 5.65. The van der Waals surface area contributed by atoms with E-state index in [-0.39, 0.29) is 11.8 Å². The smallest absolute Gasteiger partial charge is 0.248 e. The number of thiophene rings is 1. The number of benzene rings is 1. The molecule has 1 aromatic carbocycles. The monoisotopic (exact) mass is 362 g/mol. The Labute approximate surface area is 148 Å². The van der Waals surface area contributed by atoms with Gasteiger partial charge in [-0.15, -0.1) is 23.1 Å².